The summed E-state index contributed by atoms with van der Waals surface area (Å²) in [7, 11) is 0. The van der Waals surface area contributed by atoms with E-state index in [-0.39, 0.29) is 0 Å². The van der Waals surface area contributed by atoms with Crippen molar-refractivity contribution in [1.82, 2.24) is 4.90 Å². The molecule has 0 aromatic heterocycles. The standard InChI is InChI=1S/C13H26N2/c1-11-3-2-8-15(10-11)13-6-4-12(9-14)5-7-13/h11-13H,2-10,14H2,1H3. The van der Waals surface area contributed by atoms with Gasteiger partial charge in [0.2, 0.25) is 0 Å². The summed E-state index contributed by atoms with van der Waals surface area (Å²) in [6.45, 7) is 6.00. The zero-order chi connectivity index (χ0) is 10.7. The van der Waals surface area contributed by atoms with E-state index < -0.39 is 0 Å². The fraction of sp³-hybridized carbons (Fsp3) is 1.00. The summed E-state index contributed by atoms with van der Waals surface area (Å²) < 4.78 is 0. The number of piperidine rings is 1. The highest BCUT2D eigenvalue weighted by molar-refractivity contribution is 4.82. The third-order valence-electron chi connectivity index (χ3n) is 4.35. The van der Waals surface area contributed by atoms with Crippen LogP contribution in [0.1, 0.15) is 45.4 Å². The maximum absolute atomic E-state index is 5.74. The molecule has 88 valence electrons. The Labute approximate surface area is 94.2 Å². The van der Waals surface area contributed by atoms with E-state index in [1.54, 1.807) is 0 Å². The second-order valence-electron chi connectivity index (χ2n) is 5.65. The van der Waals surface area contributed by atoms with Gasteiger partial charge in [0, 0.05) is 12.6 Å². The van der Waals surface area contributed by atoms with E-state index in [1.165, 1.54) is 51.6 Å². The minimum atomic E-state index is 0.823. The first-order valence-electron chi connectivity index (χ1n) is 6.73. The number of likely N-dealkylation sites (tertiary alicyclic amines) is 1. The van der Waals surface area contributed by atoms with Crippen LogP contribution in [0.3, 0.4) is 0 Å². The first-order chi connectivity index (χ1) is 7.29. The van der Waals surface area contributed by atoms with Crippen molar-refractivity contribution in [2.75, 3.05) is 19.6 Å². The highest BCUT2D eigenvalue weighted by atomic mass is 15.2. The van der Waals surface area contributed by atoms with Crippen molar-refractivity contribution in [3.05, 3.63) is 0 Å². The summed E-state index contributed by atoms with van der Waals surface area (Å²) in [6, 6.07) is 0.885. The van der Waals surface area contributed by atoms with E-state index in [2.05, 4.69) is 11.8 Å². The lowest BCUT2D eigenvalue weighted by Crippen LogP contribution is -2.44. The van der Waals surface area contributed by atoms with Crippen molar-refractivity contribution in [2.24, 2.45) is 17.6 Å². The molecule has 2 aliphatic rings. The topological polar surface area (TPSA) is 29.3 Å². The molecule has 1 aliphatic carbocycles. The zero-order valence-corrected chi connectivity index (χ0v) is 10.1. The van der Waals surface area contributed by atoms with E-state index in [1.807, 2.05) is 0 Å². The molecule has 1 saturated carbocycles. The molecule has 0 amide bonds. The van der Waals surface area contributed by atoms with Gasteiger partial charge in [-0.3, -0.25) is 0 Å². The summed E-state index contributed by atoms with van der Waals surface area (Å²) in [6.07, 6.45) is 8.38. The van der Waals surface area contributed by atoms with Crippen molar-refractivity contribution in [3.8, 4) is 0 Å². The van der Waals surface area contributed by atoms with Gasteiger partial charge >= 0.3 is 0 Å². The van der Waals surface area contributed by atoms with E-state index >= 15 is 0 Å². The molecule has 0 bridgehead atoms. The van der Waals surface area contributed by atoms with Crippen LogP contribution in [0.2, 0.25) is 0 Å². The summed E-state index contributed by atoms with van der Waals surface area (Å²) in [4.78, 5) is 2.75. The second kappa shape index (κ2) is 5.31. The second-order valence-corrected chi connectivity index (χ2v) is 5.65. The molecule has 2 fully saturated rings. The molecule has 1 heterocycles. The number of nitrogens with two attached hydrogens (primary N) is 1. The van der Waals surface area contributed by atoms with Crippen LogP contribution in [0, 0.1) is 11.8 Å². The monoisotopic (exact) mass is 210 g/mol. The molecule has 0 aromatic rings. The van der Waals surface area contributed by atoms with Gasteiger partial charge in [-0.1, -0.05) is 6.92 Å². The molecule has 1 aliphatic heterocycles. The Morgan fingerprint density at radius 3 is 2.47 bits per heavy atom. The Bertz CT molecular complexity index is 185. The maximum atomic E-state index is 5.74. The van der Waals surface area contributed by atoms with E-state index in [4.69, 9.17) is 5.73 Å². The molecule has 1 atom stereocenters. The molecule has 2 N–H and O–H groups in total. The lowest BCUT2D eigenvalue weighted by atomic mass is 9.84. The molecule has 2 rings (SSSR count). The third-order valence-corrected chi connectivity index (χ3v) is 4.35. The van der Waals surface area contributed by atoms with Gasteiger partial charge in [-0.2, -0.15) is 0 Å². The lowest BCUT2D eigenvalue weighted by Gasteiger charge is -2.40. The van der Waals surface area contributed by atoms with Gasteiger partial charge in [-0.15, -0.1) is 0 Å². The molecule has 2 nitrogen and oxygen atoms in total. The van der Waals surface area contributed by atoms with Crippen LogP contribution in [-0.2, 0) is 0 Å². The Morgan fingerprint density at radius 2 is 1.87 bits per heavy atom. The minimum Gasteiger partial charge on any atom is -0.330 e. The quantitative estimate of drug-likeness (QED) is 0.757. The lowest BCUT2D eigenvalue weighted by molar-refractivity contribution is 0.0928. The first-order valence-corrected chi connectivity index (χ1v) is 6.73. The normalized spacial score (nSPS) is 39.2. The van der Waals surface area contributed by atoms with Gasteiger partial charge in [0.25, 0.3) is 0 Å². The number of hydrogen-bond acceptors (Lipinski definition) is 2. The minimum absolute atomic E-state index is 0.823. The molecule has 2 heteroatoms. The van der Waals surface area contributed by atoms with Crippen molar-refractivity contribution in [3.63, 3.8) is 0 Å². The average Bonchev–Trinajstić information content (AvgIpc) is 2.29. The smallest absolute Gasteiger partial charge is 0.00955 e. The van der Waals surface area contributed by atoms with Gasteiger partial charge < -0.3 is 10.6 Å². The van der Waals surface area contributed by atoms with Crippen LogP contribution in [0.25, 0.3) is 0 Å². The molecule has 15 heavy (non-hydrogen) atoms. The van der Waals surface area contributed by atoms with Crippen LogP contribution in [0.15, 0.2) is 0 Å². The van der Waals surface area contributed by atoms with Crippen LogP contribution >= 0.6 is 0 Å². The van der Waals surface area contributed by atoms with Crippen LogP contribution in [0.4, 0.5) is 0 Å². The highest BCUT2D eigenvalue weighted by Crippen LogP contribution is 2.29. The highest BCUT2D eigenvalue weighted by Gasteiger charge is 2.27. The van der Waals surface area contributed by atoms with Gasteiger partial charge in [0.15, 0.2) is 0 Å². The van der Waals surface area contributed by atoms with E-state index in [0.29, 0.717) is 0 Å². The molecule has 0 spiro atoms. The molecule has 1 saturated heterocycles. The summed E-state index contributed by atoms with van der Waals surface area (Å²) in [5.74, 6) is 1.74. The Kier molecular flexibility index (Phi) is 4.04. The van der Waals surface area contributed by atoms with Crippen LogP contribution in [0.5, 0.6) is 0 Å². The number of hydrogen-bond donors (Lipinski definition) is 1. The molecule has 0 aromatic carbocycles. The van der Waals surface area contributed by atoms with Gasteiger partial charge in [-0.05, 0) is 63.5 Å². The third kappa shape index (κ3) is 2.94. The number of nitrogens with zero attached hydrogens (tertiary/aromatic N) is 1. The summed E-state index contributed by atoms with van der Waals surface area (Å²) in [5.41, 5.74) is 5.74. The molecular formula is C13H26N2. The van der Waals surface area contributed by atoms with E-state index in [9.17, 15) is 0 Å². The molecular weight excluding hydrogens is 184 g/mol. The Hall–Kier alpha value is -0.0800. The summed E-state index contributed by atoms with van der Waals surface area (Å²) >= 11 is 0. The van der Waals surface area contributed by atoms with Crippen LogP contribution < -0.4 is 5.73 Å². The molecule has 0 radical (unpaired) electrons. The van der Waals surface area contributed by atoms with Crippen LogP contribution in [-0.4, -0.2) is 30.6 Å². The number of rotatable bonds is 2. The van der Waals surface area contributed by atoms with Crippen molar-refractivity contribution < 1.29 is 0 Å². The van der Waals surface area contributed by atoms with Crippen molar-refractivity contribution in [1.29, 1.82) is 0 Å². The molecule has 1 unspecified atom stereocenters. The largest absolute Gasteiger partial charge is 0.330 e. The average molecular weight is 210 g/mol. The Balaban J connectivity index is 1.79. The maximum Gasteiger partial charge on any atom is 0.00955 e. The van der Waals surface area contributed by atoms with Gasteiger partial charge in [-0.25, -0.2) is 0 Å². The Morgan fingerprint density at radius 1 is 1.13 bits per heavy atom. The fourth-order valence-corrected chi connectivity index (χ4v) is 3.30. The predicted octanol–water partition coefficient (Wildman–Crippen LogP) is 2.24. The van der Waals surface area contributed by atoms with Gasteiger partial charge in [0.1, 0.15) is 0 Å². The first kappa shape index (κ1) is 11.4. The summed E-state index contributed by atoms with van der Waals surface area (Å²) in [5, 5.41) is 0. The van der Waals surface area contributed by atoms with Crippen molar-refractivity contribution in [2.45, 2.75) is 51.5 Å². The fourth-order valence-electron chi connectivity index (χ4n) is 3.30. The van der Waals surface area contributed by atoms with E-state index in [0.717, 1.165) is 24.4 Å². The van der Waals surface area contributed by atoms with Gasteiger partial charge in [0.05, 0.1) is 0 Å². The predicted molar refractivity (Wildman–Crippen MR) is 64.8 cm³/mol. The SMILES string of the molecule is CC1CCCN(C2CCC(CN)CC2)C1. The van der Waals surface area contributed by atoms with Crippen molar-refractivity contribution >= 4 is 0 Å². The zero-order valence-electron chi connectivity index (χ0n) is 10.1.